The summed E-state index contributed by atoms with van der Waals surface area (Å²) in [6, 6.07) is 3.57. The SMILES string of the molecule is Cc1ccc(Cl)c(NN)n1. The van der Waals surface area contributed by atoms with E-state index in [2.05, 4.69) is 10.4 Å². The lowest BCUT2D eigenvalue weighted by atomic mass is 10.4. The molecule has 1 aromatic rings. The van der Waals surface area contributed by atoms with Crippen LogP contribution in [-0.2, 0) is 0 Å². The molecule has 4 heteroatoms. The zero-order chi connectivity index (χ0) is 7.56. The molecule has 3 nitrogen and oxygen atoms in total. The molecule has 1 aromatic heterocycles. The molecule has 0 radical (unpaired) electrons. The molecule has 0 amide bonds. The molecule has 0 saturated heterocycles. The first kappa shape index (κ1) is 7.31. The summed E-state index contributed by atoms with van der Waals surface area (Å²) in [6.07, 6.45) is 0. The van der Waals surface area contributed by atoms with Crippen molar-refractivity contribution in [3.8, 4) is 0 Å². The van der Waals surface area contributed by atoms with Crippen LogP contribution in [0.25, 0.3) is 0 Å². The summed E-state index contributed by atoms with van der Waals surface area (Å²) in [5, 5.41) is 0.535. The van der Waals surface area contributed by atoms with Gasteiger partial charge in [0.05, 0.1) is 5.02 Å². The summed E-state index contributed by atoms with van der Waals surface area (Å²) < 4.78 is 0. The molecule has 0 aliphatic rings. The van der Waals surface area contributed by atoms with Crippen LogP contribution in [0.2, 0.25) is 5.02 Å². The van der Waals surface area contributed by atoms with E-state index in [1.54, 1.807) is 6.07 Å². The number of nitrogens with zero attached hydrogens (tertiary/aromatic N) is 1. The van der Waals surface area contributed by atoms with Gasteiger partial charge in [-0.15, -0.1) is 0 Å². The number of rotatable bonds is 1. The summed E-state index contributed by atoms with van der Waals surface area (Å²) in [6.45, 7) is 1.87. The lowest BCUT2D eigenvalue weighted by Gasteiger charge is -2.01. The van der Waals surface area contributed by atoms with Crippen molar-refractivity contribution < 1.29 is 0 Å². The number of hydrogen-bond acceptors (Lipinski definition) is 3. The van der Waals surface area contributed by atoms with E-state index >= 15 is 0 Å². The van der Waals surface area contributed by atoms with Gasteiger partial charge in [-0.05, 0) is 19.1 Å². The Kier molecular flexibility index (Phi) is 2.09. The van der Waals surface area contributed by atoms with Crippen molar-refractivity contribution in [2.24, 2.45) is 5.84 Å². The van der Waals surface area contributed by atoms with Crippen LogP contribution in [0.15, 0.2) is 12.1 Å². The number of hydrogen-bond donors (Lipinski definition) is 2. The smallest absolute Gasteiger partial charge is 0.159 e. The highest BCUT2D eigenvalue weighted by atomic mass is 35.5. The van der Waals surface area contributed by atoms with E-state index in [-0.39, 0.29) is 0 Å². The first-order valence-electron chi connectivity index (χ1n) is 2.84. The van der Waals surface area contributed by atoms with Gasteiger partial charge in [0.25, 0.3) is 0 Å². The number of aryl methyl sites for hydroxylation is 1. The van der Waals surface area contributed by atoms with Crippen LogP contribution in [0, 0.1) is 6.92 Å². The number of nitrogens with one attached hydrogen (secondary N) is 1. The zero-order valence-corrected chi connectivity index (χ0v) is 6.31. The number of anilines is 1. The highest BCUT2D eigenvalue weighted by Gasteiger charge is 1.97. The third kappa shape index (κ3) is 1.37. The van der Waals surface area contributed by atoms with E-state index in [4.69, 9.17) is 17.4 Å². The number of hydrazine groups is 1. The Morgan fingerprint density at radius 1 is 1.60 bits per heavy atom. The minimum Gasteiger partial charge on any atom is -0.307 e. The second-order valence-corrected chi connectivity index (χ2v) is 2.33. The standard InChI is InChI=1S/C6H8ClN3/c1-4-2-3-5(7)6(9-4)10-8/h2-3H,8H2,1H3,(H,9,10). The Hall–Kier alpha value is -0.800. The number of aromatic nitrogens is 1. The Labute approximate surface area is 64.2 Å². The van der Waals surface area contributed by atoms with Crippen molar-refractivity contribution in [2.45, 2.75) is 6.92 Å². The van der Waals surface area contributed by atoms with Crippen LogP contribution in [0.3, 0.4) is 0 Å². The quantitative estimate of drug-likeness (QED) is 0.478. The molecule has 0 atom stereocenters. The maximum absolute atomic E-state index is 5.69. The monoisotopic (exact) mass is 157 g/mol. The van der Waals surface area contributed by atoms with Gasteiger partial charge in [-0.3, -0.25) is 0 Å². The second kappa shape index (κ2) is 2.86. The summed E-state index contributed by atoms with van der Waals surface area (Å²) in [7, 11) is 0. The fraction of sp³-hybridized carbons (Fsp3) is 0.167. The van der Waals surface area contributed by atoms with Crippen molar-refractivity contribution >= 4 is 17.4 Å². The van der Waals surface area contributed by atoms with Crippen molar-refractivity contribution in [2.75, 3.05) is 5.43 Å². The van der Waals surface area contributed by atoms with Crippen molar-refractivity contribution in [1.29, 1.82) is 0 Å². The minimum atomic E-state index is 0.515. The normalized spacial score (nSPS) is 9.50. The summed E-state index contributed by atoms with van der Waals surface area (Å²) in [5.74, 6) is 5.64. The molecular formula is C6H8ClN3. The second-order valence-electron chi connectivity index (χ2n) is 1.93. The summed E-state index contributed by atoms with van der Waals surface area (Å²) in [4.78, 5) is 4.02. The fourth-order valence-electron chi connectivity index (χ4n) is 0.641. The van der Waals surface area contributed by atoms with Crippen LogP contribution in [0.4, 0.5) is 5.82 Å². The van der Waals surface area contributed by atoms with Gasteiger partial charge in [0, 0.05) is 5.69 Å². The highest BCUT2D eigenvalue weighted by Crippen LogP contribution is 2.17. The van der Waals surface area contributed by atoms with Gasteiger partial charge in [-0.25, -0.2) is 10.8 Å². The fourth-order valence-corrected chi connectivity index (χ4v) is 0.801. The summed E-state index contributed by atoms with van der Waals surface area (Å²) in [5.41, 5.74) is 3.28. The first-order chi connectivity index (χ1) is 4.74. The molecule has 0 aliphatic carbocycles. The molecule has 0 unspecified atom stereocenters. The Morgan fingerprint density at radius 2 is 2.30 bits per heavy atom. The molecule has 54 valence electrons. The Bertz CT molecular complexity index is 236. The van der Waals surface area contributed by atoms with E-state index in [1.165, 1.54) is 0 Å². The number of nitrogen functional groups attached to an aromatic ring is 1. The minimum absolute atomic E-state index is 0.515. The van der Waals surface area contributed by atoms with Gasteiger partial charge in [0.15, 0.2) is 5.82 Å². The maximum Gasteiger partial charge on any atom is 0.159 e. The van der Waals surface area contributed by atoms with Gasteiger partial charge in [0.2, 0.25) is 0 Å². The average molecular weight is 158 g/mol. The predicted molar refractivity (Wildman–Crippen MR) is 41.8 cm³/mol. The lowest BCUT2D eigenvalue weighted by Crippen LogP contribution is -2.09. The van der Waals surface area contributed by atoms with E-state index < -0.39 is 0 Å². The molecule has 1 heterocycles. The topological polar surface area (TPSA) is 50.9 Å². The van der Waals surface area contributed by atoms with Crippen molar-refractivity contribution in [3.05, 3.63) is 22.8 Å². The van der Waals surface area contributed by atoms with Gasteiger partial charge in [-0.2, -0.15) is 0 Å². The molecular weight excluding hydrogens is 150 g/mol. The molecule has 0 spiro atoms. The van der Waals surface area contributed by atoms with Crippen LogP contribution in [-0.4, -0.2) is 4.98 Å². The lowest BCUT2D eigenvalue weighted by molar-refractivity contribution is 1.16. The highest BCUT2D eigenvalue weighted by molar-refractivity contribution is 6.32. The number of nitrogens with two attached hydrogens (primary N) is 1. The number of pyridine rings is 1. The van der Waals surface area contributed by atoms with Crippen molar-refractivity contribution in [3.63, 3.8) is 0 Å². The first-order valence-corrected chi connectivity index (χ1v) is 3.21. The van der Waals surface area contributed by atoms with Crippen LogP contribution < -0.4 is 11.3 Å². The van der Waals surface area contributed by atoms with E-state index in [1.807, 2.05) is 13.0 Å². The Morgan fingerprint density at radius 3 is 2.80 bits per heavy atom. The summed E-state index contributed by atoms with van der Waals surface area (Å²) >= 11 is 5.69. The molecule has 0 bridgehead atoms. The molecule has 0 fully saturated rings. The van der Waals surface area contributed by atoms with Crippen LogP contribution >= 0.6 is 11.6 Å². The van der Waals surface area contributed by atoms with Gasteiger partial charge in [0.1, 0.15) is 0 Å². The van der Waals surface area contributed by atoms with E-state index in [9.17, 15) is 0 Å². The number of halogens is 1. The third-order valence-electron chi connectivity index (χ3n) is 1.12. The largest absolute Gasteiger partial charge is 0.307 e. The maximum atomic E-state index is 5.69. The zero-order valence-electron chi connectivity index (χ0n) is 5.56. The molecule has 0 aromatic carbocycles. The average Bonchev–Trinajstić information content (AvgIpc) is 1.94. The van der Waals surface area contributed by atoms with E-state index in [0.717, 1.165) is 5.69 Å². The van der Waals surface area contributed by atoms with Gasteiger partial charge < -0.3 is 5.43 Å². The Balaban J connectivity index is 3.09. The molecule has 3 N–H and O–H groups in total. The molecule has 1 rings (SSSR count). The molecule has 0 saturated carbocycles. The van der Waals surface area contributed by atoms with Crippen LogP contribution in [0.5, 0.6) is 0 Å². The van der Waals surface area contributed by atoms with E-state index in [0.29, 0.717) is 10.8 Å². The predicted octanol–water partition coefficient (Wildman–Crippen LogP) is 1.33. The van der Waals surface area contributed by atoms with Gasteiger partial charge in [-0.1, -0.05) is 11.6 Å². The van der Waals surface area contributed by atoms with Crippen molar-refractivity contribution in [1.82, 2.24) is 4.98 Å². The van der Waals surface area contributed by atoms with Gasteiger partial charge >= 0.3 is 0 Å². The third-order valence-corrected chi connectivity index (χ3v) is 1.43. The molecule has 10 heavy (non-hydrogen) atoms. The molecule has 0 aliphatic heterocycles. The van der Waals surface area contributed by atoms with Crippen LogP contribution in [0.1, 0.15) is 5.69 Å².